The van der Waals surface area contributed by atoms with Crippen LogP contribution in [0.4, 0.5) is 0 Å². The number of H-pyrrole nitrogens is 1. The molecule has 16 heavy (non-hydrogen) atoms. The number of aromatic nitrogens is 2. The molecule has 1 aliphatic carbocycles. The molecule has 0 aliphatic heterocycles. The lowest BCUT2D eigenvalue weighted by atomic mass is 10.3. The van der Waals surface area contributed by atoms with Gasteiger partial charge >= 0.3 is 0 Å². The standard InChI is InChI=1S/C12H12N2OS/c15-10-5-3-9(4-6-10)14-12(16)7-11(13-14)8-1-2-8/h3-8,13,15H,1-2H2. The highest BCUT2D eigenvalue weighted by Crippen LogP contribution is 2.39. The Labute approximate surface area is 98.3 Å². The van der Waals surface area contributed by atoms with E-state index in [1.807, 2.05) is 22.9 Å². The molecule has 0 amide bonds. The van der Waals surface area contributed by atoms with Crippen LogP contribution in [-0.4, -0.2) is 14.9 Å². The van der Waals surface area contributed by atoms with Crippen molar-refractivity contribution in [1.29, 1.82) is 0 Å². The van der Waals surface area contributed by atoms with Gasteiger partial charge in [-0.1, -0.05) is 12.2 Å². The van der Waals surface area contributed by atoms with Crippen molar-refractivity contribution < 1.29 is 5.11 Å². The molecule has 1 aromatic heterocycles. The van der Waals surface area contributed by atoms with E-state index in [1.165, 1.54) is 18.5 Å². The molecule has 1 saturated carbocycles. The molecule has 0 atom stereocenters. The van der Waals surface area contributed by atoms with E-state index in [1.54, 1.807) is 12.1 Å². The van der Waals surface area contributed by atoms with E-state index in [-0.39, 0.29) is 5.75 Å². The lowest BCUT2D eigenvalue weighted by Gasteiger charge is -2.02. The summed E-state index contributed by atoms with van der Waals surface area (Å²) in [6.45, 7) is 0. The fraction of sp³-hybridized carbons (Fsp3) is 0.250. The van der Waals surface area contributed by atoms with Crippen LogP contribution in [0.25, 0.3) is 5.69 Å². The van der Waals surface area contributed by atoms with Crippen LogP contribution >= 0.6 is 12.2 Å². The number of phenols is 1. The number of aromatic hydroxyl groups is 1. The predicted octanol–water partition coefficient (Wildman–Crippen LogP) is 3.12. The summed E-state index contributed by atoms with van der Waals surface area (Å²) in [5.74, 6) is 0.935. The zero-order chi connectivity index (χ0) is 11.1. The number of benzene rings is 1. The Morgan fingerprint density at radius 3 is 2.56 bits per heavy atom. The Hall–Kier alpha value is -1.55. The lowest BCUT2D eigenvalue weighted by molar-refractivity contribution is 0.475. The second-order valence-electron chi connectivity index (χ2n) is 4.18. The van der Waals surface area contributed by atoms with E-state index < -0.39 is 0 Å². The molecule has 1 aromatic carbocycles. The zero-order valence-corrected chi connectivity index (χ0v) is 9.50. The molecule has 1 heterocycles. The normalized spacial score (nSPS) is 15.2. The monoisotopic (exact) mass is 232 g/mol. The minimum Gasteiger partial charge on any atom is -0.508 e. The third-order valence-corrected chi connectivity index (χ3v) is 3.17. The van der Waals surface area contributed by atoms with Gasteiger partial charge in [-0.15, -0.1) is 0 Å². The molecule has 4 heteroatoms. The van der Waals surface area contributed by atoms with Crippen LogP contribution in [0.5, 0.6) is 5.75 Å². The van der Waals surface area contributed by atoms with Gasteiger partial charge in [0.15, 0.2) is 0 Å². The van der Waals surface area contributed by atoms with Crippen LogP contribution in [0.1, 0.15) is 24.5 Å². The van der Waals surface area contributed by atoms with Crippen molar-refractivity contribution >= 4 is 12.2 Å². The van der Waals surface area contributed by atoms with Gasteiger partial charge in [0.1, 0.15) is 10.4 Å². The highest BCUT2D eigenvalue weighted by Gasteiger charge is 2.25. The molecule has 1 fully saturated rings. The average molecular weight is 232 g/mol. The summed E-state index contributed by atoms with van der Waals surface area (Å²) in [5.41, 5.74) is 2.17. The fourth-order valence-corrected chi connectivity index (χ4v) is 2.09. The maximum Gasteiger partial charge on any atom is 0.127 e. The molecule has 0 unspecified atom stereocenters. The summed E-state index contributed by atoms with van der Waals surface area (Å²) in [6, 6.07) is 9.04. The Kier molecular flexibility index (Phi) is 2.11. The topological polar surface area (TPSA) is 41.0 Å². The Balaban J connectivity index is 2.05. The summed E-state index contributed by atoms with van der Waals surface area (Å²) in [6.07, 6.45) is 2.51. The quantitative estimate of drug-likeness (QED) is 0.781. The van der Waals surface area contributed by atoms with Gasteiger partial charge in [0.2, 0.25) is 0 Å². The molecule has 3 nitrogen and oxygen atoms in total. The van der Waals surface area contributed by atoms with Crippen molar-refractivity contribution in [2.45, 2.75) is 18.8 Å². The van der Waals surface area contributed by atoms with Crippen molar-refractivity contribution in [3.63, 3.8) is 0 Å². The van der Waals surface area contributed by atoms with Crippen molar-refractivity contribution in [3.8, 4) is 11.4 Å². The Morgan fingerprint density at radius 1 is 1.25 bits per heavy atom. The van der Waals surface area contributed by atoms with E-state index in [4.69, 9.17) is 12.2 Å². The minimum absolute atomic E-state index is 0.268. The zero-order valence-electron chi connectivity index (χ0n) is 8.68. The molecule has 0 bridgehead atoms. The summed E-state index contributed by atoms with van der Waals surface area (Å²) < 4.78 is 2.66. The van der Waals surface area contributed by atoms with Crippen LogP contribution < -0.4 is 0 Å². The van der Waals surface area contributed by atoms with E-state index in [9.17, 15) is 5.11 Å². The Morgan fingerprint density at radius 2 is 1.94 bits per heavy atom. The van der Waals surface area contributed by atoms with Gasteiger partial charge < -0.3 is 5.11 Å². The van der Waals surface area contributed by atoms with E-state index in [0.29, 0.717) is 5.92 Å². The van der Waals surface area contributed by atoms with Crippen molar-refractivity contribution in [2.24, 2.45) is 0 Å². The molecule has 82 valence electrons. The molecule has 2 aromatic rings. The summed E-state index contributed by atoms with van der Waals surface area (Å²) in [7, 11) is 0. The number of aromatic amines is 1. The molecule has 3 rings (SSSR count). The summed E-state index contributed by atoms with van der Waals surface area (Å²) >= 11 is 5.30. The van der Waals surface area contributed by atoms with Gasteiger partial charge in [0.05, 0.1) is 5.69 Å². The summed E-state index contributed by atoms with van der Waals surface area (Å²) in [5, 5.41) is 12.5. The number of hydrogen-bond donors (Lipinski definition) is 2. The maximum atomic E-state index is 9.23. The number of nitrogens with one attached hydrogen (secondary N) is 1. The molecular formula is C12H12N2OS. The molecule has 0 radical (unpaired) electrons. The number of phenolic OH excluding ortho intramolecular Hbond substituents is 1. The SMILES string of the molecule is Oc1ccc(-n2[nH]c(C3CC3)cc2=S)cc1. The van der Waals surface area contributed by atoms with Gasteiger partial charge in [0.25, 0.3) is 0 Å². The number of rotatable bonds is 2. The first-order valence-electron chi connectivity index (χ1n) is 5.35. The maximum absolute atomic E-state index is 9.23. The highest BCUT2D eigenvalue weighted by molar-refractivity contribution is 7.71. The minimum atomic E-state index is 0.268. The smallest absolute Gasteiger partial charge is 0.127 e. The molecule has 0 saturated heterocycles. The van der Waals surface area contributed by atoms with E-state index in [2.05, 4.69) is 5.10 Å². The first kappa shape index (κ1) is 9.66. The second kappa shape index (κ2) is 3.49. The lowest BCUT2D eigenvalue weighted by Crippen LogP contribution is -1.96. The van der Waals surface area contributed by atoms with Gasteiger partial charge in [-0.2, -0.15) is 0 Å². The van der Waals surface area contributed by atoms with E-state index in [0.717, 1.165) is 10.3 Å². The summed E-state index contributed by atoms with van der Waals surface area (Å²) in [4.78, 5) is 0. The first-order chi connectivity index (χ1) is 7.74. The first-order valence-corrected chi connectivity index (χ1v) is 5.76. The van der Waals surface area contributed by atoms with Gasteiger partial charge in [0, 0.05) is 11.6 Å². The van der Waals surface area contributed by atoms with Crippen LogP contribution in [0, 0.1) is 4.64 Å². The average Bonchev–Trinajstić information content (AvgIpc) is 3.04. The van der Waals surface area contributed by atoms with E-state index >= 15 is 0 Å². The van der Waals surface area contributed by atoms with Crippen LogP contribution in [-0.2, 0) is 0 Å². The number of nitrogens with zero attached hydrogens (tertiary/aromatic N) is 1. The van der Waals surface area contributed by atoms with Crippen LogP contribution in [0.15, 0.2) is 30.3 Å². The fourth-order valence-electron chi connectivity index (χ4n) is 1.81. The van der Waals surface area contributed by atoms with Crippen molar-refractivity contribution in [1.82, 2.24) is 9.78 Å². The van der Waals surface area contributed by atoms with Crippen molar-refractivity contribution in [2.75, 3.05) is 0 Å². The van der Waals surface area contributed by atoms with Gasteiger partial charge in [-0.25, -0.2) is 4.68 Å². The third-order valence-electron chi connectivity index (χ3n) is 2.87. The second-order valence-corrected chi connectivity index (χ2v) is 4.59. The van der Waals surface area contributed by atoms with Crippen LogP contribution in [0.3, 0.4) is 0 Å². The third kappa shape index (κ3) is 1.65. The Bertz CT molecular complexity index is 563. The molecule has 0 spiro atoms. The molecule has 2 N–H and O–H groups in total. The largest absolute Gasteiger partial charge is 0.508 e. The highest BCUT2D eigenvalue weighted by atomic mass is 32.1. The van der Waals surface area contributed by atoms with Crippen molar-refractivity contribution in [3.05, 3.63) is 40.7 Å². The molecule has 1 aliphatic rings. The number of hydrogen-bond acceptors (Lipinski definition) is 2. The van der Waals surface area contributed by atoms with Gasteiger partial charge in [-0.05, 0) is 43.2 Å². The predicted molar refractivity (Wildman–Crippen MR) is 64.6 cm³/mol. The van der Waals surface area contributed by atoms with Gasteiger partial charge in [-0.3, -0.25) is 5.10 Å². The van der Waals surface area contributed by atoms with Crippen LogP contribution in [0.2, 0.25) is 0 Å². The molecular weight excluding hydrogens is 220 g/mol.